The lowest BCUT2D eigenvalue weighted by Crippen LogP contribution is -2.38. The zero-order valence-electron chi connectivity index (χ0n) is 33.4. The van der Waals surface area contributed by atoms with Crippen LogP contribution >= 0.6 is 25.8 Å². The second kappa shape index (κ2) is 19.9. The highest BCUT2D eigenvalue weighted by Crippen LogP contribution is 2.64. The monoisotopic (exact) mass is 919 g/mol. The smallest absolute Gasteiger partial charge is 0.393 e. The number of nitrogens with one attached hydrogen (secondary N) is 1. The summed E-state index contributed by atoms with van der Waals surface area (Å²) in [5, 5.41) is 0. The van der Waals surface area contributed by atoms with Crippen molar-refractivity contribution in [2.75, 3.05) is 24.6 Å². The molecule has 4 N–H and O–H groups in total. The number of hydrogen-bond donors (Lipinski definition) is 3. The number of imidazole rings is 2. The summed E-state index contributed by atoms with van der Waals surface area (Å²) in [5.74, 6) is -1.10. The van der Waals surface area contributed by atoms with Gasteiger partial charge in [0.25, 0.3) is 5.56 Å². The molecule has 0 amide bonds. The number of nitrogen functional groups attached to an aromatic ring is 1. The van der Waals surface area contributed by atoms with Crippen molar-refractivity contribution >= 4 is 59.9 Å². The van der Waals surface area contributed by atoms with Gasteiger partial charge in [0.1, 0.15) is 48.5 Å². The Morgan fingerprint density at radius 1 is 0.918 bits per heavy atom. The highest BCUT2D eigenvalue weighted by atomic mass is 32.7. The zero-order valence-corrected chi connectivity index (χ0v) is 36.0. The van der Waals surface area contributed by atoms with E-state index in [0.717, 1.165) is 44.7 Å². The number of nitrogens with two attached hydrogens (primary N) is 1. The molecule has 3 fully saturated rings. The second-order valence-electron chi connectivity index (χ2n) is 14.9. The van der Waals surface area contributed by atoms with Crippen molar-refractivity contribution in [2.24, 2.45) is 0 Å². The maximum absolute atomic E-state index is 16.7. The van der Waals surface area contributed by atoms with Gasteiger partial charge in [-0.25, -0.2) is 38.3 Å². The van der Waals surface area contributed by atoms with Gasteiger partial charge in [0.05, 0.1) is 31.7 Å². The van der Waals surface area contributed by atoms with Gasteiger partial charge in [-0.15, -0.1) is 0 Å². The number of alkyl halides is 2. The standard InChI is InChI=1S/C35H49F2N9O12P2S/c1-3-4-5-6-7-8-9-10-11-12-22(47)53-19-61-60(51)54-13-21-28(24(37)34(55-21)45-16-43-25-30(38)39-14-40-31(25)45)52-18-59(49,50)57-20(2)27-23(36)29(58-60)35(56-27)46-17-44-26-32(46)41-15-42-33(26)48/h14-17,20-21,23-24,27-29,34-35H,3-13,18-19H2,1-2H3,(H,49,50)(H2,38,39,40)(H,41,42,48)/t20-,21+,23+,24+,27+,28+,29+,34+,35+,60?/m0/s1. The van der Waals surface area contributed by atoms with Crippen LogP contribution in [0.25, 0.3) is 22.3 Å². The Morgan fingerprint density at radius 2 is 1.61 bits per heavy atom. The number of fused-ring (bicyclic) bond motifs is 5. The fraction of sp³-hybridized carbons (Fsp3) is 0.686. The first-order valence-electron chi connectivity index (χ1n) is 20.1. The van der Waals surface area contributed by atoms with Gasteiger partial charge in [-0.3, -0.25) is 32.3 Å². The molecule has 0 spiro atoms. The lowest BCUT2D eigenvalue weighted by molar-refractivity contribution is -0.141. The number of rotatable bonds is 15. The van der Waals surface area contributed by atoms with Crippen LogP contribution < -0.4 is 11.3 Å². The number of nitrogens with zero attached hydrogens (tertiary/aromatic N) is 7. The fourth-order valence-corrected chi connectivity index (χ4v) is 11.3. The molecular weight excluding hydrogens is 870 g/mol. The number of esters is 1. The predicted molar refractivity (Wildman–Crippen MR) is 214 cm³/mol. The van der Waals surface area contributed by atoms with Crippen molar-refractivity contribution in [1.29, 1.82) is 0 Å². The van der Waals surface area contributed by atoms with Gasteiger partial charge in [-0.2, -0.15) is 0 Å². The molecule has 3 saturated heterocycles. The molecule has 11 atom stereocenters. The van der Waals surface area contributed by atoms with E-state index in [1.807, 2.05) is 0 Å². The first-order valence-corrected chi connectivity index (χ1v) is 25.0. The number of carbonyl (C=O) groups is 1. The number of anilines is 1. The summed E-state index contributed by atoms with van der Waals surface area (Å²) < 4.78 is 104. The zero-order chi connectivity index (χ0) is 43.3. The molecule has 21 nitrogen and oxygen atoms in total. The maximum atomic E-state index is 16.7. The number of hydrogen-bond acceptors (Lipinski definition) is 18. The average molecular weight is 920 g/mol. The van der Waals surface area contributed by atoms with E-state index >= 15 is 8.78 Å². The highest BCUT2D eigenvalue weighted by Gasteiger charge is 2.55. The predicted octanol–water partition coefficient (Wildman–Crippen LogP) is 5.62. The summed E-state index contributed by atoms with van der Waals surface area (Å²) in [7, 11) is -4.79. The Balaban J connectivity index is 1.13. The third-order valence-electron chi connectivity index (χ3n) is 10.6. The van der Waals surface area contributed by atoms with Crippen molar-refractivity contribution in [2.45, 2.75) is 133 Å². The number of halogens is 2. The molecule has 0 radical (unpaired) electrons. The van der Waals surface area contributed by atoms with Crippen LogP contribution in [0.15, 0.2) is 30.1 Å². The fourth-order valence-electron chi connectivity index (χ4n) is 7.47. The molecule has 0 saturated carbocycles. The molecule has 26 heteroatoms. The molecule has 2 bridgehead atoms. The van der Waals surface area contributed by atoms with Crippen LogP contribution in [0.2, 0.25) is 0 Å². The van der Waals surface area contributed by atoms with Crippen molar-refractivity contribution < 1.29 is 60.1 Å². The molecule has 4 aromatic rings. The van der Waals surface area contributed by atoms with Crippen LogP contribution in [0.4, 0.5) is 14.6 Å². The van der Waals surface area contributed by atoms with Crippen LogP contribution in [0.1, 0.15) is 90.5 Å². The van der Waals surface area contributed by atoms with Crippen molar-refractivity contribution in [3.8, 4) is 0 Å². The van der Waals surface area contributed by atoms with E-state index in [4.69, 9.17) is 38.3 Å². The Morgan fingerprint density at radius 3 is 2.36 bits per heavy atom. The minimum atomic E-state index is -4.79. The molecule has 61 heavy (non-hydrogen) atoms. The molecule has 0 aromatic carbocycles. The molecule has 0 aliphatic carbocycles. The van der Waals surface area contributed by atoms with E-state index < -0.39 is 100 Å². The first kappa shape index (κ1) is 45.6. The quantitative estimate of drug-likeness (QED) is 0.0565. The summed E-state index contributed by atoms with van der Waals surface area (Å²) in [6.07, 6.45) is -2.47. The second-order valence-corrected chi connectivity index (χ2v) is 20.7. The molecule has 7 heterocycles. The molecule has 4 aromatic heterocycles. The minimum Gasteiger partial charge on any atom is -0.454 e. The number of carbonyl (C=O) groups excluding carboxylic acids is 1. The molecule has 2 unspecified atom stereocenters. The number of unbranched alkanes of at least 4 members (excludes halogenated alkanes) is 8. The molecule has 3 aliphatic rings. The molecular formula is C35H49F2N9O12P2S. The Labute approximate surface area is 351 Å². The van der Waals surface area contributed by atoms with Crippen LogP contribution in [-0.4, -0.2) is 112 Å². The van der Waals surface area contributed by atoms with E-state index in [1.54, 1.807) is 0 Å². The van der Waals surface area contributed by atoms with E-state index in [0.29, 0.717) is 17.8 Å². The van der Waals surface area contributed by atoms with Crippen LogP contribution in [0, 0.1) is 0 Å². The molecule has 7 rings (SSSR count). The topological polar surface area (TPSA) is 269 Å². The van der Waals surface area contributed by atoms with Crippen LogP contribution in [-0.2, 0) is 46.4 Å². The number of aromatic amines is 1. The summed E-state index contributed by atoms with van der Waals surface area (Å²) in [5.41, 5.74) is 5.37. The lowest BCUT2D eigenvalue weighted by Gasteiger charge is -2.28. The Hall–Kier alpha value is -3.44. The Bertz CT molecular complexity index is 2290. The molecule has 3 aliphatic heterocycles. The van der Waals surface area contributed by atoms with Gasteiger partial charge >= 0.3 is 20.4 Å². The Kier molecular flexibility index (Phi) is 14.9. The van der Waals surface area contributed by atoms with Gasteiger partial charge in [-0.1, -0.05) is 58.3 Å². The molecule has 336 valence electrons. The van der Waals surface area contributed by atoms with E-state index in [1.165, 1.54) is 48.1 Å². The largest absolute Gasteiger partial charge is 0.454 e. The summed E-state index contributed by atoms with van der Waals surface area (Å²) in [6.45, 7) is -2.02. The average Bonchev–Trinajstić information content (AvgIpc) is 4.00. The van der Waals surface area contributed by atoms with Crippen molar-refractivity contribution in [3.05, 3.63) is 35.7 Å². The summed E-state index contributed by atoms with van der Waals surface area (Å²) in [6, 6.07) is 0. The van der Waals surface area contributed by atoms with Crippen molar-refractivity contribution in [1.82, 2.24) is 39.0 Å². The highest BCUT2D eigenvalue weighted by molar-refractivity contribution is 8.55. The summed E-state index contributed by atoms with van der Waals surface area (Å²) >= 11 is 0.426. The maximum Gasteiger partial charge on any atom is 0.393 e. The normalized spacial score (nSPS) is 32.2. The van der Waals surface area contributed by atoms with Gasteiger partial charge < -0.3 is 39.1 Å². The number of aromatic nitrogens is 8. The summed E-state index contributed by atoms with van der Waals surface area (Å²) in [4.78, 5) is 58.9. The van der Waals surface area contributed by atoms with Gasteiger partial charge in [0, 0.05) is 17.8 Å². The van der Waals surface area contributed by atoms with Gasteiger partial charge in [-0.05, 0) is 13.3 Å². The van der Waals surface area contributed by atoms with Crippen molar-refractivity contribution in [3.63, 3.8) is 0 Å². The SMILES string of the molecule is CCCCCCCCCCCC(=O)OCSP1(=O)OC[C@H]2O[C@@H](n3cnc4c(N)ncnc43)[C@H](F)[C@@H]2OCP(=O)(O)O[C@@H](C)[C@H]2O[C@@H](n3cnc4c(=O)[nH]cnc43)[C@H](O1)[C@@H]2F. The minimum absolute atomic E-state index is 0.0147. The number of ether oxygens (including phenoxy) is 4. The van der Waals surface area contributed by atoms with E-state index in [-0.39, 0.29) is 34.6 Å². The lowest BCUT2D eigenvalue weighted by atomic mass is 10.1. The van der Waals surface area contributed by atoms with E-state index in [2.05, 4.69) is 36.8 Å². The third-order valence-corrected chi connectivity index (χ3v) is 15.0. The third kappa shape index (κ3) is 10.5. The van der Waals surface area contributed by atoms with Crippen LogP contribution in [0.3, 0.4) is 0 Å². The number of H-pyrrole nitrogens is 1. The van der Waals surface area contributed by atoms with E-state index in [9.17, 15) is 23.6 Å². The van der Waals surface area contributed by atoms with Gasteiger partial charge in [0.15, 0.2) is 47.4 Å². The van der Waals surface area contributed by atoms with Gasteiger partial charge in [0.2, 0.25) is 0 Å². The first-order chi connectivity index (χ1) is 29.3. The van der Waals surface area contributed by atoms with Crippen LogP contribution in [0.5, 0.6) is 0 Å².